The van der Waals surface area contributed by atoms with Gasteiger partial charge in [-0.1, -0.05) is 60.2 Å². The highest BCUT2D eigenvalue weighted by Gasteiger charge is 2.33. The summed E-state index contributed by atoms with van der Waals surface area (Å²) >= 11 is 0. The molecule has 2 fully saturated rings. The predicted molar refractivity (Wildman–Crippen MR) is 127 cm³/mol. The van der Waals surface area contributed by atoms with Crippen LogP contribution in [0.4, 0.5) is 0 Å². The second-order valence-electron chi connectivity index (χ2n) is 9.29. The van der Waals surface area contributed by atoms with Crippen LogP contribution in [0.3, 0.4) is 0 Å². The quantitative estimate of drug-likeness (QED) is 0.656. The summed E-state index contributed by atoms with van der Waals surface area (Å²) in [5.74, 6) is 0.885. The maximum absolute atomic E-state index is 12.8. The number of hydrogen-bond donors (Lipinski definition) is 1. The van der Waals surface area contributed by atoms with Gasteiger partial charge < -0.3 is 10.2 Å². The first-order valence-electron chi connectivity index (χ1n) is 12.0. The summed E-state index contributed by atoms with van der Waals surface area (Å²) in [6, 6.07) is 19.0. The highest BCUT2D eigenvalue weighted by atomic mass is 16.2. The van der Waals surface area contributed by atoms with Crippen LogP contribution in [-0.2, 0) is 16.0 Å². The number of carbonyl (C=O) groups is 2. The Kier molecular flexibility index (Phi) is 7.59. The maximum Gasteiger partial charge on any atom is 0.234 e. The van der Waals surface area contributed by atoms with Crippen LogP contribution in [0.15, 0.2) is 54.6 Å². The molecule has 2 amide bonds. The first kappa shape index (κ1) is 22.5. The van der Waals surface area contributed by atoms with Gasteiger partial charge in [0, 0.05) is 32.6 Å². The molecule has 1 saturated carbocycles. The van der Waals surface area contributed by atoms with Crippen LogP contribution in [0.1, 0.15) is 48.4 Å². The maximum atomic E-state index is 12.8. The fraction of sp³-hybridized carbons (Fsp3) is 0.481. The number of benzene rings is 2. The number of aryl methyl sites for hydroxylation is 2. The van der Waals surface area contributed by atoms with Gasteiger partial charge in [0.15, 0.2) is 0 Å². The summed E-state index contributed by atoms with van der Waals surface area (Å²) in [6.45, 7) is 5.43. The van der Waals surface area contributed by atoms with Gasteiger partial charge in [-0.2, -0.15) is 0 Å². The van der Waals surface area contributed by atoms with Gasteiger partial charge in [-0.3, -0.25) is 14.5 Å². The van der Waals surface area contributed by atoms with Crippen molar-refractivity contribution in [1.29, 1.82) is 0 Å². The standard InChI is InChI=1S/C27H35N3O2/c1-21-10-12-23(13-11-21)27(24-14-15-24)28-25(31)20-29-16-18-30(19-17-29)26(32)9-5-8-22-6-3-2-4-7-22/h2-4,6-7,10-13,24,27H,5,8-9,14-20H2,1H3,(H,28,31). The van der Waals surface area contributed by atoms with Crippen LogP contribution in [0, 0.1) is 12.8 Å². The third-order valence-corrected chi connectivity index (χ3v) is 6.64. The number of amides is 2. The van der Waals surface area contributed by atoms with E-state index in [1.54, 1.807) is 0 Å². The van der Waals surface area contributed by atoms with Gasteiger partial charge in [0.05, 0.1) is 12.6 Å². The molecule has 0 bridgehead atoms. The molecule has 1 N–H and O–H groups in total. The Labute approximate surface area is 191 Å². The van der Waals surface area contributed by atoms with Gasteiger partial charge in [-0.05, 0) is 49.7 Å². The van der Waals surface area contributed by atoms with Gasteiger partial charge in [0.25, 0.3) is 0 Å². The Morgan fingerprint density at radius 1 is 0.969 bits per heavy atom. The lowest BCUT2D eigenvalue weighted by Gasteiger charge is -2.34. The van der Waals surface area contributed by atoms with E-state index in [0.29, 0.717) is 32.0 Å². The molecule has 2 aromatic rings. The van der Waals surface area contributed by atoms with Gasteiger partial charge in [-0.15, -0.1) is 0 Å². The van der Waals surface area contributed by atoms with Crippen LogP contribution in [0.5, 0.6) is 0 Å². The van der Waals surface area contributed by atoms with Crippen LogP contribution >= 0.6 is 0 Å². The highest BCUT2D eigenvalue weighted by Crippen LogP contribution is 2.41. The van der Waals surface area contributed by atoms with Gasteiger partial charge in [-0.25, -0.2) is 0 Å². The second-order valence-corrected chi connectivity index (χ2v) is 9.29. The van der Waals surface area contributed by atoms with E-state index < -0.39 is 0 Å². The minimum atomic E-state index is 0.0881. The highest BCUT2D eigenvalue weighted by molar-refractivity contribution is 5.79. The lowest BCUT2D eigenvalue weighted by atomic mass is 10.0. The number of hydrogen-bond acceptors (Lipinski definition) is 3. The largest absolute Gasteiger partial charge is 0.348 e. The van der Waals surface area contributed by atoms with Gasteiger partial charge >= 0.3 is 0 Å². The molecule has 1 atom stereocenters. The fourth-order valence-electron chi connectivity index (χ4n) is 4.50. The molecule has 1 saturated heterocycles. The summed E-state index contributed by atoms with van der Waals surface area (Å²) in [6.07, 6.45) is 4.78. The minimum absolute atomic E-state index is 0.0881. The lowest BCUT2D eigenvalue weighted by molar-refractivity contribution is -0.133. The van der Waals surface area contributed by atoms with Crippen molar-refractivity contribution in [1.82, 2.24) is 15.1 Å². The molecule has 1 aliphatic heterocycles. The van der Waals surface area contributed by atoms with Crippen LogP contribution in [0.25, 0.3) is 0 Å². The Bertz CT molecular complexity index is 885. The van der Waals surface area contributed by atoms with Crippen LogP contribution in [0.2, 0.25) is 0 Å². The zero-order valence-electron chi connectivity index (χ0n) is 19.1. The average Bonchev–Trinajstić information content (AvgIpc) is 3.65. The molecule has 0 spiro atoms. The van der Waals surface area contributed by atoms with E-state index in [0.717, 1.165) is 25.9 Å². The monoisotopic (exact) mass is 433 g/mol. The zero-order valence-corrected chi connectivity index (χ0v) is 19.1. The summed E-state index contributed by atoms with van der Waals surface area (Å²) in [4.78, 5) is 29.4. The van der Waals surface area contributed by atoms with Crippen molar-refractivity contribution in [2.75, 3.05) is 32.7 Å². The summed E-state index contributed by atoms with van der Waals surface area (Å²) < 4.78 is 0. The number of nitrogens with zero attached hydrogens (tertiary/aromatic N) is 2. The van der Waals surface area contributed by atoms with Crippen molar-refractivity contribution in [2.24, 2.45) is 5.92 Å². The third-order valence-electron chi connectivity index (χ3n) is 6.64. The van der Waals surface area contributed by atoms with E-state index in [1.807, 2.05) is 23.1 Å². The van der Waals surface area contributed by atoms with E-state index in [2.05, 4.69) is 53.5 Å². The molecule has 1 heterocycles. The topological polar surface area (TPSA) is 52.7 Å². The third kappa shape index (κ3) is 6.42. The van der Waals surface area contributed by atoms with E-state index in [1.165, 1.54) is 29.5 Å². The molecular weight excluding hydrogens is 398 g/mol. The fourth-order valence-corrected chi connectivity index (χ4v) is 4.50. The summed E-state index contributed by atoms with van der Waals surface area (Å²) in [5, 5.41) is 3.28. The molecule has 5 nitrogen and oxygen atoms in total. The summed E-state index contributed by atoms with van der Waals surface area (Å²) in [5.41, 5.74) is 3.73. The summed E-state index contributed by atoms with van der Waals surface area (Å²) in [7, 11) is 0. The van der Waals surface area contributed by atoms with Gasteiger partial charge in [0.1, 0.15) is 0 Å². The Hall–Kier alpha value is -2.66. The molecule has 1 unspecified atom stereocenters. The Balaban J connectivity index is 1.18. The molecule has 32 heavy (non-hydrogen) atoms. The molecule has 0 radical (unpaired) electrons. The molecule has 4 rings (SSSR count). The Morgan fingerprint density at radius 2 is 1.66 bits per heavy atom. The first-order chi connectivity index (χ1) is 15.6. The molecule has 5 heteroatoms. The number of carbonyl (C=O) groups excluding carboxylic acids is 2. The van der Waals surface area contributed by atoms with Crippen LogP contribution in [-0.4, -0.2) is 54.3 Å². The van der Waals surface area contributed by atoms with Crippen LogP contribution < -0.4 is 5.32 Å². The average molecular weight is 434 g/mol. The van der Waals surface area contributed by atoms with E-state index in [4.69, 9.17) is 0 Å². The van der Waals surface area contributed by atoms with Crippen molar-refractivity contribution in [2.45, 2.75) is 45.1 Å². The molecule has 2 aromatic carbocycles. The number of rotatable bonds is 9. The van der Waals surface area contributed by atoms with Crippen molar-refractivity contribution < 1.29 is 9.59 Å². The SMILES string of the molecule is Cc1ccc(C(NC(=O)CN2CCN(C(=O)CCCc3ccccc3)CC2)C2CC2)cc1. The first-order valence-corrected chi connectivity index (χ1v) is 12.0. The van der Waals surface area contributed by atoms with Crippen molar-refractivity contribution >= 4 is 11.8 Å². The van der Waals surface area contributed by atoms with E-state index >= 15 is 0 Å². The Morgan fingerprint density at radius 3 is 2.31 bits per heavy atom. The normalized spacial score (nSPS) is 17.7. The molecule has 170 valence electrons. The molecular formula is C27H35N3O2. The van der Waals surface area contributed by atoms with Crippen molar-refractivity contribution in [3.8, 4) is 0 Å². The zero-order chi connectivity index (χ0) is 22.3. The smallest absolute Gasteiger partial charge is 0.234 e. The predicted octanol–water partition coefficient (Wildman–Crippen LogP) is 3.73. The molecule has 2 aliphatic rings. The molecule has 0 aromatic heterocycles. The second kappa shape index (κ2) is 10.8. The molecule has 1 aliphatic carbocycles. The minimum Gasteiger partial charge on any atom is -0.348 e. The van der Waals surface area contributed by atoms with Crippen molar-refractivity contribution in [3.05, 3.63) is 71.3 Å². The van der Waals surface area contributed by atoms with E-state index in [9.17, 15) is 9.59 Å². The number of nitrogens with one attached hydrogen (secondary N) is 1. The van der Waals surface area contributed by atoms with Crippen molar-refractivity contribution in [3.63, 3.8) is 0 Å². The lowest BCUT2D eigenvalue weighted by Crippen LogP contribution is -2.51. The number of piperazine rings is 1. The van der Waals surface area contributed by atoms with Gasteiger partial charge in [0.2, 0.25) is 11.8 Å². The van der Waals surface area contributed by atoms with E-state index in [-0.39, 0.29) is 17.9 Å².